The van der Waals surface area contributed by atoms with Gasteiger partial charge in [0.15, 0.2) is 5.78 Å². The summed E-state index contributed by atoms with van der Waals surface area (Å²) in [5.41, 5.74) is 3.24. The zero-order chi connectivity index (χ0) is 28.2. The van der Waals surface area contributed by atoms with Crippen LogP contribution in [0.25, 0.3) is 43.6 Å². The zero-order valence-electron chi connectivity index (χ0n) is 24.0. The summed E-state index contributed by atoms with van der Waals surface area (Å²) in [6, 6.07) is 26.2. The summed E-state index contributed by atoms with van der Waals surface area (Å²) >= 11 is 0. The fourth-order valence-electron chi connectivity index (χ4n) is 5.61. The summed E-state index contributed by atoms with van der Waals surface area (Å²) < 4.78 is 6.31. The molecular formula is C36H36IrNO3-. The predicted octanol–water partition coefficient (Wildman–Crippen LogP) is 9.98. The number of aliphatic hydroxyl groups excluding tert-OH is 1. The topological polar surface area (TPSA) is 59.4 Å². The number of aromatic nitrogens is 1. The van der Waals surface area contributed by atoms with Crippen LogP contribution in [0.3, 0.4) is 0 Å². The number of nitrogens with zero attached hydrogens (tertiary/aromatic N) is 1. The molecule has 0 fully saturated rings. The number of carbonyl (C=O) groups is 1. The Morgan fingerprint density at radius 1 is 0.854 bits per heavy atom. The van der Waals surface area contributed by atoms with E-state index < -0.39 is 0 Å². The van der Waals surface area contributed by atoms with E-state index in [4.69, 9.17) is 4.74 Å². The van der Waals surface area contributed by atoms with Gasteiger partial charge in [-0.05, 0) is 60.2 Å². The van der Waals surface area contributed by atoms with Gasteiger partial charge in [0.05, 0.1) is 5.76 Å². The van der Waals surface area contributed by atoms with Crippen LogP contribution in [-0.4, -0.2) is 15.9 Å². The Balaban J connectivity index is 0.000000212. The molecule has 0 bridgehead atoms. The summed E-state index contributed by atoms with van der Waals surface area (Å²) in [4.78, 5) is 16.4. The Hall–Kier alpha value is -3.53. The van der Waals surface area contributed by atoms with Gasteiger partial charge >= 0.3 is 0 Å². The smallest absolute Gasteiger partial charge is 0.162 e. The molecule has 0 unspecified atom stereocenters. The van der Waals surface area contributed by atoms with Gasteiger partial charge in [0.2, 0.25) is 0 Å². The molecule has 1 aromatic heterocycles. The first-order valence-corrected chi connectivity index (χ1v) is 14.4. The molecule has 213 valence electrons. The van der Waals surface area contributed by atoms with Crippen molar-refractivity contribution in [3.8, 4) is 22.6 Å². The summed E-state index contributed by atoms with van der Waals surface area (Å²) in [5, 5.41) is 15.4. The number of hydrogen-bond donors (Lipinski definition) is 1. The molecule has 2 heterocycles. The van der Waals surface area contributed by atoms with Crippen molar-refractivity contribution in [2.45, 2.75) is 53.4 Å². The molecule has 0 amide bonds. The first-order chi connectivity index (χ1) is 19.5. The molecule has 1 aliphatic rings. The van der Waals surface area contributed by atoms with E-state index in [9.17, 15) is 9.90 Å². The van der Waals surface area contributed by atoms with Gasteiger partial charge in [0.25, 0.3) is 0 Å². The van der Waals surface area contributed by atoms with Crippen molar-refractivity contribution in [2.75, 3.05) is 0 Å². The minimum Gasteiger partial charge on any atom is -0.512 e. The zero-order valence-corrected chi connectivity index (χ0v) is 26.4. The Kier molecular flexibility index (Phi) is 9.96. The van der Waals surface area contributed by atoms with E-state index in [1.165, 1.54) is 22.4 Å². The minimum atomic E-state index is 0. The monoisotopic (exact) mass is 723 g/mol. The van der Waals surface area contributed by atoms with Crippen molar-refractivity contribution in [3.63, 3.8) is 0 Å². The van der Waals surface area contributed by atoms with Gasteiger partial charge in [-0.2, -0.15) is 0 Å². The number of allylic oxidation sites excluding steroid dienone is 2. The molecule has 5 heteroatoms. The van der Waals surface area contributed by atoms with E-state index in [0.29, 0.717) is 0 Å². The molecule has 1 aliphatic heterocycles. The summed E-state index contributed by atoms with van der Waals surface area (Å²) in [6.07, 6.45) is 6.79. The molecule has 0 saturated heterocycles. The van der Waals surface area contributed by atoms with Crippen LogP contribution in [0.5, 0.6) is 11.5 Å². The van der Waals surface area contributed by atoms with Crippen molar-refractivity contribution in [2.24, 2.45) is 11.8 Å². The standard InChI is InChI=1S/C23H12NO.C13H24O2.Ir/c1-2-6-15-12-20-19(11-14(15)5-1)18-9-10-24-23-17-8-4-3-7-16(17)13-21(25-20)22(18)23;1-5-10(6-2)12(14)9-13(15)11(7-3)8-4;/h1-7,9-13H;9-11,14H,5-8H2,1-4H3;/q-1;;/b;12-9-;. The van der Waals surface area contributed by atoms with E-state index in [1.807, 2.05) is 46.0 Å². The number of pyridine rings is 1. The van der Waals surface area contributed by atoms with E-state index in [2.05, 4.69) is 65.6 Å². The first kappa shape index (κ1) is 30.4. The second-order valence-corrected chi connectivity index (χ2v) is 10.4. The van der Waals surface area contributed by atoms with E-state index in [0.717, 1.165) is 64.4 Å². The van der Waals surface area contributed by atoms with Crippen LogP contribution in [0.4, 0.5) is 0 Å². The maximum absolute atomic E-state index is 11.7. The molecule has 1 N–H and O–H groups in total. The van der Waals surface area contributed by atoms with Gasteiger partial charge in [-0.1, -0.05) is 58.0 Å². The Bertz CT molecular complexity index is 1720. The average molecular weight is 723 g/mol. The van der Waals surface area contributed by atoms with Crippen LogP contribution in [0, 0.1) is 17.9 Å². The number of benzene rings is 4. The van der Waals surface area contributed by atoms with E-state index in [1.54, 1.807) is 0 Å². The summed E-state index contributed by atoms with van der Waals surface area (Å²) in [6.45, 7) is 8.07. The van der Waals surface area contributed by atoms with Crippen LogP contribution in [0.15, 0.2) is 84.8 Å². The number of ether oxygens (including phenoxy) is 1. The molecule has 0 saturated carbocycles. The van der Waals surface area contributed by atoms with Crippen LogP contribution in [0.1, 0.15) is 53.4 Å². The molecule has 0 spiro atoms. The third kappa shape index (κ3) is 6.07. The van der Waals surface area contributed by atoms with Gasteiger partial charge in [0, 0.05) is 60.7 Å². The molecule has 5 aromatic rings. The number of ketones is 1. The van der Waals surface area contributed by atoms with E-state index in [-0.39, 0.29) is 43.5 Å². The molecule has 6 rings (SSSR count). The van der Waals surface area contributed by atoms with Gasteiger partial charge < -0.3 is 14.8 Å². The average Bonchev–Trinajstić information content (AvgIpc) is 2.98. The van der Waals surface area contributed by atoms with Crippen LogP contribution >= 0.6 is 0 Å². The van der Waals surface area contributed by atoms with Gasteiger partial charge in [0.1, 0.15) is 11.5 Å². The van der Waals surface area contributed by atoms with Crippen molar-refractivity contribution >= 4 is 38.2 Å². The predicted molar refractivity (Wildman–Crippen MR) is 165 cm³/mol. The molecule has 0 atom stereocenters. The SMILES string of the molecule is CCC(CC)C(=O)/C=C(\O)C(CC)CC.[Ir].[c-]1cccc2cc3c4c(ccnc4c12)-c1cc2ccccc2cc1O3. The number of rotatable bonds is 7. The van der Waals surface area contributed by atoms with Gasteiger partial charge in [-0.15, -0.1) is 35.0 Å². The largest absolute Gasteiger partial charge is 0.512 e. The fourth-order valence-corrected chi connectivity index (χ4v) is 5.61. The maximum atomic E-state index is 11.7. The molecule has 0 aliphatic carbocycles. The van der Waals surface area contributed by atoms with Crippen LogP contribution in [-0.2, 0) is 24.9 Å². The minimum absolute atomic E-state index is 0. The Morgan fingerprint density at radius 2 is 1.49 bits per heavy atom. The molecule has 1 radical (unpaired) electrons. The Labute approximate surface area is 255 Å². The van der Waals surface area contributed by atoms with Crippen LogP contribution in [0.2, 0.25) is 0 Å². The number of hydrogen-bond acceptors (Lipinski definition) is 4. The van der Waals surface area contributed by atoms with Crippen LogP contribution < -0.4 is 4.74 Å². The third-order valence-electron chi connectivity index (χ3n) is 8.05. The van der Waals surface area contributed by atoms with Crippen molar-refractivity contribution in [3.05, 3.63) is 90.8 Å². The summed E-state index contributed by atoms with van der Waals surface area (Å²) in [5.74, 6) is 2.32. The van der Waals surface area contributed by atoms with Crippen molar-refractivity contribution in [1.82, 2.24) is 4.98 Å². The van der Waals surface area contributed by atoms with Gasteiger partial charge in [-0.25, -0.2) is 0 Å². The summed E-state index contributed by atoms with van der Waals surface area (Å²) in [7, 11) is 0. The molecule has 4 nitrogen and oxygen atoms in total. The normalized spacial score (nSPS) is 12.1. The number of aliphatic hydroxyl groups is 1. The van der Waals surface area contributed by atoms with E-state index >= 15 is 0 Å². The number of carbonyl (C=O) groups excluding carboxylic acids is 1. The molecular weight excluding hydrogens is 687 g/mol. The van der Waals surface area contributed by atoms with Gasteiger partial charge in [-0.3, -0.25) is 4.79 Å². The second-order valence-electron chi connectivity index (χ2n) is 10.4. The molecule has 4 aromatic carbocycles. The first-order valence-electron chi connectivity index (χ1n) is 14.4. The Morgan fingerprint density at radius 3 is 2.17 bits per heavy atom. The van der Waals surface area contributed by atoms with Crippen molar-refractivity contribution in [1.29, 1.82) is 0 Å². The maximum Gasteiger partial charge on any atom is 0.162 e. The quantitative estimate of drug-likeness (QED) is 0.0772. The number of fused-ring (bicyclic) bond motifs is 5. The van der Waals surface area contributed by atoms with Crippen molar-refractivity contribution < 1.29 is 34.7 Å². The fraction of sp³-hybridized carbons (Fsp3) is 0.278. The second kappa shape index (κ2) is 13.4. The molecule has 41 heavy (non-hydrogen) atoms. The third-order valence-corrected chi connectivity index (χ3v) is 8.05.